The van der Waals surface area contributed by atoms with Crippen molar-refractivity contribution < 1.29 is 14.2 Å². The third-order valence-electron chi connectivity index (χ3n) is 6.36. The number of benzene rings is 3. The summed E-state index contributed by atoms with van der Waals surface area (Å²) in [7, 11) is 3.28. The predicted octanol–water partition coefficient (Wildman–Crippen LogP) is 8.67. The van der Waals surface area contributed by atoms with Crippen LogP contribution < -0.4 is 9.47 Å². The Morgan fingerprint density at radius 1 is 0.947 bits per heavy atom. The van der Waals surface area contributed by atoms with Crippen LogP contribution in [0.25, 0.3) is 11.1 Å². The molecule has 0 radical (unpaired) electrons. The van der Waals surface area contributed by atoms with Gasteiger partial charge in [-0.15, -0.1) is 0 Å². The van der Waals surface area contributed by atoms with Gasteiger partial charge in [-0.2, -0.15) is 5.26 Å². The molecular formula is C34H37NO3. The molecule has 0 aliphatic carbocycles. The summed E-state index contributed by atoms with van der Waals surface area (Å²) in [6, 6.07) is 22.2. The summed E-state index contributed by atoms with van der Waals surface area (Å²) in [6.45, 7) is 6.61. The zero-order chi connectivity index (χ0) is 27.3. The summed E-state index contributed by atoms with van der Waals surface area (Å²) in [6.07, 6.45) is 12.3. The van der Waals surface area contributed by atoms with Crippen LogP contribution >= 0.6 is 0 Å². The molecule has 3 aromatic rings. The van der Waals surface area contributed by atoms with E-state index in [9.17, 15) is 5.26 Å². The van der Waals surface area contributed by atoms with Gasteiger partial charge in [-0.05, 0) is 72.4 Å². The van der Waals surface area contributed by atoms with Gasteiger partial charge < -0.3 is 14.2 Å². The van der Waals surface area contributed by atoms with Gasteiger partial charge in [-0.3, -0.25) is 0 Å². The molecule has 38 heavy (non-hydrogen) atoms. The van der Waals surface area contributed by atoms with Crippen LogP contribution in [0.3, 0.4) is 0 Å². The molecule has 0 aliphatic rings. The number of unbranched alkanes of at least 4 members (excludes halogenated alkanes) is 1. The highest BCUT2D eigenvalue weighted by molar-refractivity contribution is 5.74. The molecule has 0 fully saturated rings. The molecule has 3 aromatic carbocycles. The average Bonchev–Trinajstić information content (AvgIpc) is 2.95. The number of nitriles is 1. The lowest BCUT2D eigenvalue weighted by atomic mass is 9.91. The van der Waals surface area contributed by atoms with Crippen molar-refractivity contribution in [2.75, 3.05) is 14.2 Å². The molecular weight excluding hydrogens is 470 g/mol. The average molecular weight is 508 g/mol. The van der Waals surface area contributed by atoms with E-state index in [4.69, 9.17) is 14.2 Å². The number of allylic oxidation sites excluding steroid dienone is 4. The fraction of sp³-hybridized carbons (Fsp3) is 0.265. The fourth-order valence-corrected chi connectivity index (χ4v) is 4.28. The molecule has 1 atom stereocenters. The number of aryl methyl sites for hydroxylation is 1. The summed E-state index contributed by atoms with van der Waals surface area (Å²) >= 11 is 0. The first-order chi connectivity index (χ1) is 18.5. The maximum atomic E-state index is 9.86. The summed E-state index contributed by atoms with van der Waals surface area (Å²) in [5.41, 5.74) is 6.66. The lowest BCUT2D eigenvalue weighted by molar-refractivity contribution is 0.0660. The van der Waals surface area contributed by atoms with Gasteiger partial charge in [0.2, 0.25) is 0 Å². The molecule has 0 saturated carbocycles. The van der Waals surface area contributed by atoms with Gasteiger partial charge in [0.1, 0.15) is 17.6 Å². The van der Waals surface area contributed by atoms with Gasteiger partial charge in [0.15, 0.2) is 0 Å². The molecule has 0 heterocycles. The topological polar surface area (TPSA) is 51.5 Å². The third kappa shape index (κ3) is 7.47. The van der Waals surface area contributed by atoms with Crippen LogP contribution in [0.5, 0.6) is 11.5 Å². The van der Waals surface area contributed by atoms with Crippen LogP contribution in [0.4, 0.5) is 0 Å². The van der Waals surface area contributed by atoms with Crippen molar-refractivity contribution in [3.63, 3.8) is 0 Å². The summed E-state index contributed by atoms with van der Waals surface area (Å²) in [5.74, 6) is 1.43. The highest BCUT2D eigenvalue weighted by atomic mass is 16.5. The van der Waals surface area contributed by atoms with Crippen LogP contribution in [0.1, 0.15) is 55.0 Å². The lowest BCUT2D eigenvalue weighted by Crippen LogP contribution is -2.08. The minimum atomic E-state index is -0.344. The fourth-order valence-electron chi connectivity index (χ4n) is 4.28. The maximum absolute atomic E-state index is 9.86. The summed E-state index contributed by atoms with van der Waals surface area (Å²) < 4.78 is 17.5. The van der Waals surface area contributed by atoms with E-state index >= 15 is 0 Å². The number of rotatable bonds is 12. The number of ether oxygens (including phenoxy) is 3. The zero-order valence-corrected chi connectivity index (χ0v) is 23.0. The van der Waals surface area contributed by atoms with Gasteiger partial charge in [0, 0.05) is 11.6 Å². The number of methoxy groups -OCH3 is 2. The van der Waals surface area contributed by atoms with Gasteiger partial charge in [-0.25, -0.2) is 0 Å². The molecule has 0 spiro atoms. The van der Waals surface area contributed by atoms with Crippen LogP contribution in [-0.2, 0) is 11.3 Å². The van der Waals surface area contributed by atoms with Crippen molar-refractivity contribution in [2.24, 2.45) is 0 Å². The van der Waals surface area contributed by atoms with Gasteiger partial charge in [-0.1, -0.05) is 74.1 Å². The van der Waals surface area contributed by atoms with E-state index in [0.717, 1.165) is 46.2 Å². The number of nitrogens with zero attached hydrogens (tertiary/aromatic N) is 1. The second-order valence-corrected chi connectivity index (χ2v) is 9.01. The monoisotopic (exact) mass is 507 g/mol. The van der Waals surface area contributed by atoms with Crippen molar-refractivity contribution in [1.82, 2.24) is 0 Å². The van der Waals surface area contributed by atoms with Gasteiger partial charge in [0.05, 0.1) is 32.5 Å². The largest absolute Gasteiger partial charge is 0.497 e. The van der Waals surface area contributed by atoms with Gasteiger partial charge in [0.25, 0.3) is 0 Å². The van der Waals surface area contributed by atoms with Crippen LogP contribution in [0.2, 0.25) is 0 Å². The molecule has 0 aromatic heterocycles. The van der Waals surface area contributed by atoms with Crippen LogP contribution in [0.15, 0.2) is 96.6 Å². The second-order valence-electron chi connectivity index (χ2n) is 9.01. The highest BCUT2D eigenvalue weighted by Crippen LogP contribution is 2.35. The summed E-state index contributed by atoms with van der Waals surface area (Å²) in [4.78, 5) is 0. The Kier molecular flexibility index (Phi) is 11.0. The molecule has 0 saturated heterocycles. The van der Waals surface area contributed by atoms with Crippen LogP contribution in [-0.4, -0.2) is 14.2 Å². The molecule has 3 rings (SSSR count). The molecule has 196 valence electrons. The normalized spacial score (nSPS) is 12.6. The van der Waals surface area contributed by atoms with Gasteiger partial charge >= 0.3 is 0 Å². The van der Waals surface area contributed by atoms with E-state index in [1.54, 1.807) is 14.2 Å². The first-order valence-corrected chi connectivity index (χ1v) is 13.0. The maximum Gasteiger partial charge on any atom is 0.122 e. The Labute approximate surface area is 227 Å². The Bertz CT molecular complexity index is 1320. The van der Waals surface area contributed by atoms with Crippen molar-refractivity contribution in [3.05, 3.63) is 119 Å². The smallest absolute Gasteiger partial charge is 0.122 e. The van der Waals surface area contributed by atoms with E-state index in [2.05, 4.69) is 68.5 Å². The minimum absolute atomic E-state index is 0.344. The van der Waals surface area contributed by atoms with Crippen molar-refractivity contribution in [2.45, 2.75) is 46.3 Å². The summed E-state index contributed by atoms with van der Waals surface area (Å²) in [5, 5.41) is 9.86. The van der Waals surface area contributed by atoms with E-state index in [-0.39, 0.29) is 6.10 Å². The molecule has 0 amide bonds. The molecule has 4 nitrogen and oxygen atoms in total. The predicted molar refractivity (Wildman–Crippen MR) is 155 cm³/mol. The Morgan fingerprint density at radius 3 is 2.32 bits per heavy atom. The molecule has 1 unspecified atom stereocenters. The third-order valence-corrected chi connectivity index (χ3v) is 6.36. The molecule has 0 N–H and O–H groups in total. The quantitative estimate of drug-likeness (QED) is 0.230. The van der Waals surface area contributed by atoms with E-state index in [1.165, 1.54) is 0 Å². The first-order valence-electron chi connectivity index (χ1n) is 13.0. The van der Waals surface area contributed by atoms with E-state index < -0.39 is 0 Å². The van der Waals surface area contributed by atoms with Crippen molar-refractivity contribution >= 4 is 0 Å². The Balaban J connectivity index is 2.04. The lowest BCUT2D eigenvalue weighted by Gasteiger charge is -2.22. The van der Waals surface area contributed by atoms with E-state index in [0.29, 0.717) is 23.7 Å². The molecule has 0 bridgehead atoms. The van der Waals surface area contributed by atoms with Crippen LogP contribution in [0, 0.1) is 18.3 Å². The van der Waals surface area contributed by atoms with E-state index in [1.807, 2.05) is 49.4 Å². The number of hydrogen-bond acceptors (Lipinski definition) is 4. The molecule has 4 heteroatoms. The minimum Gasteiger partial charge on any atom is -0.497 e. The standard InChI is InChI=1S/C34H37NO3/c1-6-8-9-10-11-15-27(7-2)34(38-24-26-19-30(36-4)22-31(20-26)37-5)28-17-18-29(23-35)33(21-28)32-16-13-12-14-25(32)3/h7,9-22,34H,6,8,24H2,1-5H3/b10-9+,15-11-,27-7+. The molecule has 0 aliphatic heterocycles. The SMILES string of the molecule is C\C=C(/C=C\C=C\CCC)C(OCc1cc(OC)cc(OC)c1)c1ccc(C#N)c(-c2ccccc2C)c1. The number of hydrogen-bond donors (Lipinski definition) is 0. The Hall–Kier alpha value is -4.07. The zero-order valence-electron chi connectivity index (χ0n) is 23.0. The van der Waals surface area contributed by atoms with Crippen molar-refractivity contribution in [1.29, 1.82) is 5.26 Å². The highest BCUT2D eigenvalue weighted by Gasteiger charge is 2.19. The van der Waals surface area contributed by atoms with Crippen molar-refractivity contribution in [3.8, 4) is 28.7 Å². The first kappa shape index (κ1) is 28.5. The Morgan fingerprint density at radius 2 is 1.68 bits per heavy atom. The second kappa shape index (κ2) is 14.6.